The highest BCUT2D eigenvalue weighted by Gasteiger charge is 2.30. The molecule has 1 unspecified atom stereocenters. The topological polar surface area (TPSA) is 86.8 Å². The van der Waals surface area contributed by atoms with Crippen LogP contribution >= 0.6 is 15.9 Å². The molecule has 3 rings (SSSR count). The summed E-state index contributed by atoms with van der Waals surface area (Å²) in [5.74, 6) is -0.762. The lowest BCUT2D eigenvalue weighted by atomic mass is 10.1. The van der Waals surface area contributed by atoms with E-state index in [2.05, 4.69) is 21.2 Å². The third-order valence-corrected chi connectivity index (χ3v) is 7.90. The van der Waals surface area contributed by atoms with Crippen molar-refractivity contribution in [3.63, 3.8) is 0 Å². The zero-order valence-corrected chi connectivity index (χ0v) is 21.8. The summed E-state index contributed by atoms with van der Waals surface area (Å²) >= 11 is 3.39. The average Bonchev–Trinajstić information content (AvgIpc) is 2.82. The van der Waals surface area contributed by atoms with E-state index < -0.39 is 28.5 Å². The summed E-state index contributed by atoms with van der Waals surface area (Å²) in [5.41, 5.74) is 0.827. The Morgan fingerprint density at radius 2 is 1.65 bits per heavy atom. The molecule has 180 valence electrons. The first-order valence-electron chi connectivity index (χ1n) is 10.9. The third kappa shape index (κ3) is 6.02. The van der Waals surface area contributed by atoms with Gasteiger partial charge in [-0.3, -0.25) is 9.59 Å². The normalized spacial score (nSPS) is 12.5. The number of carbonyl (C=O) groups excluding carboxylic acids is 2. The summed E-state index contributed by atoms with van der Waals surface area (Å²) in [5, 5.41) is 4.45. The van der Waals surface area contributed by atoms with Crippen LogP contribution in [0.2, 0.25) is 0 Å². The Morgan fingerprint density at radius 1 is 1.00 bits per heavy atom. The van der Waals surface area contributed by atoms with Crippen molar-refractivity contribution in [1.29, 1.82) is 0 Å². The fourth-order valence-corrected chi connectivity index (χ4v) is 4.99. The second-order valence-electron chi connectivity index (χ2n) is 7.99. The van der Waals surface area contributed by atoms with Crippen LogP contribution in [0.25, 0.3) is 10.8 Å². The molecule has 0 bridgehead atoms. The maximum absolute atomic E-state index is 13.3. The molecule has 0 spiro atoms. The molecular formula is C25H28BrN3O4S. The van der Waals surface area contributed by atoms with Gasteiger partial charge in [0.2, 0.25) is 21.8 Å². The molecule has 0 aliphatic heterocycles. The van der Waals surface area contributed by atoms with Gasteiger partial charge in [-0.05, 0) is 54.4 Å². The van der Waals surface area contributed by atoms with Crippen LogP contribution in [0, 0.1) is 0 Å². The summed E-state index contributed by atoms with van der Waals surface area (Å²) in [4.78, 5) is 27.3. The minimum atomic E-state index is -3.91. The molecule has 1 N–H and O–H groups in total. The second-order valence-corrected chi connectivity index (χ2v) is 10.9. The second kappa shape index (κ2) is 11.1. The number of nitrogens with zero attached hydrogens (tertiary/aromatic N) is 2. The summed E-state index contributed by atoms with van der Waals surface area (Å²) in [6.07, 6.45) is 0. The van der Waals surface area contributed by atoms with Gasteiger partial charge in [0.1, 0.15) is 6.04 Å². The molecule has 2 amide bonds. The maximum Gasteiger partial charge on any atom is 0.243 e. The van der Waals surface area contributed by atoms with Crippen LogP contribution in [0.15, 0.2) is 76.1 Å². The average molecular weight is 546 g/mol. The van der Waals surface area contributed by atoms with Crippen LogP contribution in [-0.4, -0.2) is 55.6 Å². The number of halogens is 1. The summed E-state index contributed by atoms with van der Waals surface area (Å²) in [6.45, 7) is 3.65. The first-order chi connectivity index (χ1) is 16.1. The van der Waals surface area contributed by atoms with Crippen molar-refractivity contribution in [3.05, 3.63) is 76.8 Å². The zero-order chi connectivity index (χ0) is 24.9. The summed E-state index contributed by atoms with van der Waals surface area (Å²) < 4.78 is 28.3. The molecule has 0 aromatic heterocycles. The van der Waals surface area contributed by atoms with Crippen LogP contribution in [0.5, 0.6) is 0 Å². The Labute approximate surface area is 208 Å². The lowest BCUT2D eigenvalue weighted by Crippen LogP contribution is -2.50. The number of fused-ring (bicyclic) bond motifs is 1. The number of rotatable bonds is 9. The number of nitrogens with one attached hydrogen (secondary N) is 1. The van der Waals surface area contributed by atoms with Gasteiger partial charge in [0.15, 0.2) is 0 Å². The fourth-order valence-electron chi connectivity index (χ4n) is 3.57. The molecule has 1 atom stereocenters. The molecule has 7 nitrogen and oxygen atoms in total. The van der Waals surface area contributed by atoms with Gasteiger partial charge in [-0.15, -0.1) is 0 Å². The lowest BCUT2D eigenvalue weighted by molar-refractivity contribution is -0.140. The summed E-state index contributed by atoms with van der Waals surface area (Å²) in [7, 11) is -2.54. The number of benzene rings is 3. The first kappa shape index (κ1) is 25.9. The molecule has 0 radical (unpaired) electrons. The quantitative estimate of drug-likeness (QED) is 0.443. The number of likely N-dealkylation sites (N-methyl/N-ethyl adjacent to an activating group) is 2. The molecule has 0 heterocycles. The van der Waals surface area contributed by atoms with Crippen molar-refractivity contribution in [1.82, 2.24) is 14.5 Å². The predicted octanol–water partition coefficient (Wildman–Crippen LogP) is 3.78. The molecular weight excluding hydrogens is 518 g/mol. The molecule has 34 heavy (non-hydrogen) atoms. The minimum Gasteiger partial charge on any atom is -0.355 e. The Morgan fingerprint density at radius 3 is 2.29 bits per heavy atom. The zero-order valence-electron chi connectivity index (χ0n) is 19.4. The molecule has 3 aromatic carbocycles. The first-order valence-corrected chi connectivity index (χ1v) is 13.1. The molecule has 0 aliphatic rings. The Bertz CT molecular complexity index is 1280. The highest BCUT2D eigenvalue weighted by Crippen LogP contribution is 2.22. The Kier molecular flexibility index (Phi) is 8.46. The smallest absolute Gasteiger partial charge is 0.243 e. The molecule has 0 aliphatic carbocycles. The van der Waals surface area contributed by atoms with Gasteiger partial charge in [-0.25, -0.2) is 8.42 Å². The fraction of sp³-hybridized carbons (Fsp3) is 0.280. The van der Waals surface area contributed by atoms with Gasteiger partial charge in [0.25, 0.3) is 0 Å². The van der Waals surface area contributed by atoms with Crippen molar-refractivity contribution < 1.29 is 18.0 Å². The van der Waals surface area contributed by atoms with E-state index in [1.165, 1.54) is 18.0 Å². The third-order valence-electron chi connectivity index (χ3n) is 5.57. The standard InChI is InChI=1S/C25H28BrN3O4S/c1-4-27-25(31)18(2)29(16-19-9-12-22(26)13-10-19)24(30)17-28(3)34(32,33)23-14-11-20-7-5-6-8-21(20)15-23/h5-15,18H,4,16-17H2,1-3H3,(H,27,31). The maximum atomic E-state index is 13.3. The number of amides is 2. The van der Waals surface area contributed by atoms with Gasteiger partial charge >= 0.3 is 0 Å². The minimum absolute atomic E-state index is 0.109. The van der Waals surface area contributed by atoms with Crippen LogP contribution in [0.1, 0.15) is 19.4 Å². The molecule has 3 aromatic rings. The van der Waals surface area contributed by atoms with Gasteiger partial charge in [0, 0.05) is 24.6 Å². The largest absolute Gasteiger partial charge is 0.355 e. The van der Waals surface area contributed by atoms with Gasteiger partial charge in [-0.2, -0.15) is 4.31 Å². The molecule has 0 fully saturated rings. The van der Waals surface area contributed by atoms with Gasteiger partial charge < -0.3 is 10.2 Å². The number of sulfonamides is 1. The lowest BCUT2D eigenvalue weighted by Gasteiger charge is -2.30. The number of carbonyl (C=O) groups is 2. The van der Waals surface area contributed by atoms with Crippen molar-refractivity contribution in [3.8, 4) is 0 Å². The SMILES string of the molecule is CCNC(=O)C(C)N(Cc1ccc(Br)cc1)C(=O)CN(C)S(=O)(=O)c1ccc2ccccc2c1. The predicted molar refractivity (Wildman–Crippen MR) is 137 cm³/mol. The van der Waals surface area contributed by atoms with E-state index in [0.29, 0.717) is 6.54 Å². The van der Waals surface area contributed by atoms with Crippen LogP contribution in [0.3, 0.4) is 0 Å². The van der Waals surface area contributed by atoms with Gasteiger partial charge in [-0.1, -0.05) is 58.4 Å². The Balaban J connectivity index is 1.84. The van der Waals surface area contributed by atoms with Crippen LogP contribution in [-0.2, 0) is 26.2 Å². The molecule has 0 saturated heterocycles. The highest BCUT2D eigenvalue weighted by atomic mass is 79.9. The summed E-state index contributed by atoms with van der Waals surface area (Å²) in [6, 6.07) is 19.0. The van der Waals surface area contributed by atoms with E-state index in [1.54, 1.807) is 26.0 Å². The van der Waals surface area contributed by atoms with Crippen LogP contribution in [0.4, 0.5) is 0 Å². The van der Waals surface area contributed by atoms with E-state index in [-0.39, 0.29) is 17.3 Å². The van der Waals surface area contributed by atoms with Crippen molar-refractivity contribution in [2.75, 3.05) is 20.1 Å². The van der Waals surface area contributed by atoms with E-state index >= 15 is 0 Å². The van der Waals surface area contributed by atoms with Gasteiger partial charge in [0.05, 0.1) is 11.4 Å². The highest BCUT2D eigenvalue weighted by molar-refractivity contribution is 9.10. The number of hydrogen-bond donors (Lipinski definition) is 1. The van der Waals surface area contributed by atoms with Crippen molar-refractivity contribution in [2.24, 2.45) is 0 Å². The van der Waals surface area contributed by atoms with Crippen molar-refractivity contribution >= 4 is 48.5 Å². The van der Waals surface area contributed by atoms with E-state index in [0.717, 1.165) is 25.1 Å². The number of hydrogen-bond acceptors (Lipinski definition) is 4. The van der Waals surface area contributed by atoms with E-state index in [4.69, 9.17) is 0 Å². The van der Waals surface area contributed by atoms with E-state index in [9.17, 15) is 18.0 Å². The molecule has 0 saturated carbocycles. The van der Waals surface area contributed by atoms with Crippen LogP contribution < -0.4 is 5.32 Å². The Hall–Kier alpha value is -2.75. The van der Waals surface area contributed by atoms with E-state index in [1.807, 2.05) is 48.5 Å². The molecule has 9 heteroatoms. The van der Waals surface area contributed by atoms with Crippen molar-refractivity contribution in [2.45, 2.75) is 31.3 Å². The monoisotopic (exact) mass is 545 g/mol.